The van der Waals surface area contributed by atoms with E-state index in [-0.39, 0.29) is 0 Å². The number of furan rings is 1. The Hall–Kier alpha value is -5.32. The molecule has 5 aromatic carbocycles. The molecule has 3 heterocycles. The molecule has 0 saturated heterocycles. The fraction of sp³-hybridized carbons (Fsp3) is 0. The van der Waals surface area contributed by atoms with E-state index in [1.807, 2.05) is 24.3 Å². The van der Waals surface area contributed by atoms with Gasteiger partial charge in [0.15, 0.2) is 5.82 Å². The van der Waals surface area contributed by atoms with Gasteiger partial charge in [-0.1, -0.05) is 115 Å². The molecule has 8 rings (SSSR count). The quantitative estimate of drug-likeness (QED) is 0.212. The zero-order valence-corrected chi connectivity index (χ0v) is 23.4. The zero-order chi connectivity index (χ0) is 27.9. The first-order valence-corrected chi connectivity index (χ1v) is 14.8. The maximum Gasteiger partial charge on any atom is 0.170 e. The molecule has 0 fully saturated rings. The van der Waals surface area contributed by atoms with Gasteiger partial charge in [0.25, 0.3) is 0 Å². The minimum atomic E-state index is 0.731. The van der Waals surface area contributed by atoms with Gasteiger partial charge in [-0.25, -0.2) is 9.97 Å². The van der Waals surface area contributed by atoms with Crippen LogP contribution in [0.5, 0.6) is 0 Å². The van der Waals surface area contributed by atoms with E-state index < -0.39 is 0 Å². The highest BCUT2D eigenvalue weighted by Gasteiger charge is 2.15. The van der Waals surface area contributed by atoms with Crippen molar-refractivity contribution < 1.29 is 4.42 Å². The molecule has 8 aromatic rings. The van der Waals surface area contributed by atoms with Crippen molar-refractivity contribution in [3.63, 3.8) is 0 Å². The maximum absolute atomic E-state index is 6.35. The molecule has 0 radical (unpaired) electrons. The van der Waals surface area contributed by atoms with Crippen LogP contribution in [0.3, 0.4) is 0 Å². The SMILES string of the molecule is c1ccc(-c2ccc(-c3cc(-c4cccc(-c5cccc6c5oc5ccccc56)c4)nc(-c4cccs4)n3)cc2)cc1. The Bertz CT molecular complexity index is 2180. The Kier molecular flexibility index (Phi) is 5.98. The number of thiophene rings is 1. The lowest BCUT2D eigenvalue weighted by molar-refractivity contribution is 0.670. The molecular weight excluding hydrogens is 532 g/mol. The summed E-state index contributed by atoms with van der Waals surface area (Å²) in [6.07, 6.45) is 0. The highest BCUT2D eigenvalue weighted by molar-refractivity contribution is 7.13. The normalized spacial score (nSPS) is 11.3. The predicted molar refractivity (Wildman–Crippen MR) is 174 cm³/mol. The van der Waals surface area contributed by atoms with Crippen molar-refractivity contribution >= 4 is 33.3 Å². The van der Waals surface area contributed by atoms with Crippen molar-refractivity contribution in [2.45, 2.75) is 0 Å². The Morgan fingerprint density at radius 2 is 1.14 bits per heavy atom. The smallest absolute Gasteiger partial charge is 0.170 e. The fourth-order valence-electron chi connectivity index (χ4n) is 5.54. The minimum absolute atomic E-state index is 0.731. The Balaban J connectivity index is 1.24. The number of para-hydroxylation sites is 2. The van der Waals surface area contributed by atoms with Crippen molar-refractivity contribution in [2.75, 3.05) is 0 Å². The highest BCUT2D eigenvalue weighted by atomic mass is 32.1. The van der Waals surface area contributed by atoms with Gasteiger partial charge in [0.1, 0.15) is 11.2 Å². The van der Waals surface area contributed by atoms with Gasteiger partial charge in [-0.15, -0.1) is 11.3 Å². The molecule has 198 valence electrons. The third kappa shape index (κ3) is 4.39. The number of hydrogen-bond acceptors (Lipinski definition) is 4. The third-order valence-electron chi connectivity index (χ3n) is 7.63. The number of hydrogen-bond donors (Lipinski definition) is 0. The average molecular weight is 557 g/mol. The van der Waals surface area contributed by atoms with Crippen LogP contribution in [0.25, 0.3) is 77.4 Å². The summed E-state index contributed by atoms with van der Waals surface area (Å²) < 4.78 is 6.35. The number of benzene rings is 5. The standard InChI is InChI=1S/C38H24N2OS/c1-2-9-25(10-3-1)26-18-20-27(21-19-26)33-24-34(40-38(39-33)36-17-8-22-42-36)29-12-6-11-28(23-29)30-14-7-15-32-31-13-4-5-16-35(31)41-37(30)32/h1-24H. The monoisotopic (exact) mass is 556 g/mol. The van der Waals surface area contributed by atoms with Crippen molar-refractivity contribution in [1.82, 2.24) is 9.97 Å². The van der Waals surface area contributed by atoms with Gasteiger partial charge in [-0.2, -0.15) is 0 Å². The summed E-state index contributed by atoms with van der Waals surface area (Å²) >= 11 is 1.65. The van der Waals surface area contributed by atoms with Crippen LogP contribution >= 0.6 is 11.3 Å². The first kappa shape index (κ1) is 24.5. The summed E-state index contributed by atoms with van der Waals surface area (Å²) in [4.78, 5) is 11.1. The summed E-state index contributed by atoms with van der Waals surface area (Å²) in [7, 11) is 0. The molecule has 0 amide bonds. The first-order chi connectivity index (χ1) is 20.8. The number of rotatable bonds is 5. The summed E-state index contributed by atoms with van der Waals surface area (Å²) in [5, 5.41) is 4.32. The van der Waals surface area contributed by atoms with Gasteiger partial charge in [0.05, 0.1) is 16.3 Å². The second kappa shape index (κ2) is 10.3. The van der Waals surface area contributed by atoms with E-state index in [1.165, 1.54) is 11.1 Å². The van der Waals surface area contributed by atoms with Crippen LogP contribution in [0.4, 0.5) is 0 Å². The molecule has 0 unspecified atom stereocenters. The Labute approximate surface area is 247 Å². The van der Waals surface area contributed by atoms with Crippen molar-refractivity contribution in [2.24, 2.45) is 0 Å². The van der Waals surface area contributed by atoms with Gasteiger partial charge >= 0.3 is 0 Å². The summed E-state index contributed by atoms with van der Waals surface area (Å²) in [6.45, 7) is 0. The molecular formula is C38H24N2OS. The van der Waals surface area contributed by atoms with Gasteiger partial charge in [0, 0.05) is 27.5 Å². The molecule has 0 atom stereocenters. The van der Waals surface area contributed by atoms with Crippen molar-refractivity contribution in [3.05, 3.63) is 145 Å². The number of fused-ring (bicyclic) bond motifs is 3. The lowest BCUT2D eigenvalue weighted by Crippen LogP contribution is -1.95. The predicted octanol–water partition coefficient (Wildman–Crippen LogP) is 10.8. The molecule has 0 aliphatic heterocycles. The van der Waals surface area contributed by atoms with E-state index in [9.17, 15) is 0 Å². The topological polar surface area (TPSA) is 38.9 Å². The van der Waals surface area contributed by atoms with Gasteiger partial charge < -0.3 is 4.42 Å². The van der Waals surface area contributed by atoms with E-state index >= 15 is 0 Å². The molecule has 3 aromatic heterocycles. The molecule has 0 aliphatic carbocycles. The number of nitrogens with zero attached hydrogens (tertiary/aromatic N) is 2. The van der Waals surface area contributed by atoms with Gasteiger partial charge in [-0.3, -0.25) is 0 Å². The molecule has 42 heavy (non-hydrogen) atoms. The largest absolute Gasteiger partial charge is 0.455 e. The number of aromatic nitrogens is 2. The summed E-state index contributed by atoms with van der Waals surface area (Å²) in [5.41, 5.74) is 10.2. The Morgan fingerprint density at radius 1 is 0.476 bits per heavy atom. The Morgan fingerprint density at radius 3 is 1.98 bits per heavy atom. The van der Waals surface area contributed by atoms with Crippen molar-refractivity contribution in [3.8, 4) is 55.5 Å². The van der Waals surface area contributed by atoms with Crippen LogP contribution in [-0.2, 0) is 0 Å². The van der Waals surface area contributed by atoms with Crippen molar-refractivity contribution in [1.29, 1.82) is 0 Å². The average Bonchev–Trinajstić information content (AvgIpc) is 3.74. The fourth-order valence-corrected chi connectivity index (χ4v) is 6.20. The first-order valence-electron chi connectivity index (χ1n) is 13.9. The van der Waals surface area contributed by atoms with Crippen LogP contribution in [0.15, 0.2) is 149 Å². The van der Waals surface area contributed by atoms with E-state index in [2.05, 4.69) is 121 Å². The zero-order valence-electron chi connectivity index (χ0n) is 22.6. The lowest BCUT2D eigenvalue weighted by atomic mass is 9.98. The van der Waals surface area contributed by atoms with Crippen LogP contribution in [0.2, 0.25) is 0 Å². The van der Waals surface area contributed by atoms with E-state index in [1.54, 1.807) is 11.3 Å². The summed E-state index contributed by atoms with van der Waals surface area (Å²) in [6, 6.07) is 48.3. The molecule has 0 aliphatic rings. The van der Waals surface area contributed by atoms with Gasteiger partial charge in [-0.05, 0) is 46.3 Å². The molecule has 0 N–H and O–H groups in total. The van der Waals surface area contributed by atoms with Crippen LogP contribution in [0, 0.1) is 0 Å². The van der Waals surface area contributed by atoms with Gasteiger partial charge in [0.2, 0.25) is 0 Å². The van der Waals surface area contributed by atoms with Crippen LogP contribution < -0.4 is 0 Å². The second-order valence-electron chi connectivity index (χ2n) is 10.2. The maximum atomic E-state index is 6.35. The van der Waals surface area contributed by atoms with E-state index in [0.29, 0.717) is 0 Å². The lowest BCUT2D eigenvalue weighted by Gasteiger charge is -2.10. The summed E-state index contributed by atoms with van der Waals surface area (Å²) in [5.74, 6) is 0.731. The van der Waals surface area contributed by atoms with Crippen LogP contribution in [-0.4, -0.2) is 9.97 Å². The van der Waals surface area contributed by atoms with Crippen LogP contribution in [0.1, 0.15) is 0 Å². The minimum Gasteiger partial charge on any atom is -0.455 e. The molecule has 4 heteroatoms. The van der Waals surface area contributed by atoms with E-state index in [4.69, 9.17) is 14.4 Å². The highest BCUT2D eigenvalue weighted by Crippen LogP contribution is 2.37. The third-order valence-corrected chi connectivity index (χ3v) is 8.49. The second-order valence-corrected chi connectivity index (χ2v) is 11.2. The molecule has 0 spiro atoms. The van der Waals surface area contributed by atoms with E-state index in [0.717, 1.165) is 66.3 Å². The molecule has 0 saturated carbocycles. The molecule has 3 nitrogen and oxygen atoms in total. The molecule has 0 bridgehead atoms.